The summed E-state index contributed by atoms with van der Waals surface area (Å²) in [5.74, 6) is -0.0688. The number of imide groups is 1. The van der Waals surface area contributed by atoms with Gasteiger partial charge in [0.05, 0.1) is 11.0 Å². The predicted octanol–water partition coefficient (Wildman–Crippen LogP) is 3.34. The second kappa shape index (κ2) is 5.70. The highest BCUT2D eigenvalue weighted by Crippen LogP contribution is 2.52. The SMILES string of the molecule is CC1(CC2(N3C(=O)CC(C)(C)C3=O)CCC2)CN(C(=O)OC(C)(C)C)C1. The van der Waals surface area contributed by atoms with E-state index in [1.165, 1.54) is 0 Å². The highest BCUT2D eigenvalue weighted by Gasteiger charge is 2.59. The fourth-order valence-corrected chi connectivity index (χ4v) is 4.73. The Morgan fingerprint density at radius 1 is 1.12 bits per heavy atom. The number of likely N-dealkylation sites (tertiary alicyclic amines) is 2. The van der Waals surface area contributed by atoms with Crippen molar-refractivity contribution in [2.75, 3.05) is 13.1 Å². The van der Waals surface area contributed by atoms with E-state index in [9.17, 15) is 14.4 Å². The summed E-state index contributed by atoms with van der Waals surface area (Å²) in [5.41, 5.74) is -1.53. The van der Waals surface area contributed by atoms with Gasteiger partial charge in [0.25, 0.3) is 0 Å². The zero-order chi connectivity index (χ0) is 19.5. The lowest BCUT2D eigenvalue weighted by Gasteiger charge is -2.56. The van der Waals surface area contributed by atoms with E-state index in [1.54, 1.807) is 9.80 Å². The van der Waals surface area contributed by atoms with Crippen LogP contribution < -0.4 is 0 Å². The number of rotatable bonds is 3. The summed E-state index contributed by atoms with van der Waals surface area (Å²) in [6.45, 7) is 12.7. The molecule has 26 heavy (non-hydrogen) atoms. The highest BCUT2D eigenvalue weighted by atomic mass is 16.6. The average Bonchev–Trinajstić information content (AvgIpc) is 2.58. The Kier molecular flexibility index (Phi) is 4.21. The average molecular weight is 364 g/mol. The van der Waals surface area contributed by atoms with Crippen LogP contribution in [0.25, 0.3) is 0 Å². The fraction of sp³-hybridized carbons (Fsp3) is 0.850. The normalized spacial score (nSPS) is 26.4. The molecule has 0 atom stereocenters. The van der Waals surface area contributed by atoms with Crippen LogP contribution in [-0.4, -0.2) is 51.9 Å². The van der Waals surface area contributed by atoms with Gasteiger partial charge in [-0.25, -0.2) is 4.79 Å². The maximum atomic E-state index is 12.8. The quantitative estimate of drug-likeness (QED) is 0.720. The van der Waals surface area contributed by atoms with Crippen LogP contribution in [0.4, 0.5) is 4.79 Å². The van der Waals surface area contributed by atoms with E-state index in [2.05, 4.69) is 6.92 Å². The lowest BCUT2D eigenvalue weighted by molar-refractivity contribution is -0.157. The number of nitrogens with zero attached hydrogens (tertiary/aromatic N) is 2. The first-order valence-corrected chi connectivity index (χ1v) is 9.63. The van der Waals surface area contributed by atoms with Gasteiger partial charge in [0.1, 0.15) is 5.60 Å². The standard InChI is InChI=1S/C20H32N2O4/c1-17(2,3)26-16(25)21-12-19(6,13-21)11-20(8-7-9-20)22-14(23)10-18(4,5)15(22)24/h7-13H2,1-6H3. The molecule has 3 aliphatic rings. The van der Waals surface area contributed by atoms with Crippen molar-refractivity contribution in [3.63, 3.8) is 0 Å². The molecule has 146 valence electrons. The van der Waals surface area contributed by atoms with Crippen LogP contribution in [0.2, 0.25) is 0 Å². The summed E-state index contributed by atoms with van der Waals surface area (Å²) in [6.07, 6.45) is 3.59. The van der Waals surface area contributed by atoms with Crippen LogP contribution in [-0.2, 0) is 14.3 Å². The Balaban J connectivity index is 1.67. The maximum absolute atomic E-state index is 12.8. The lowest BCUT2D eigenvalue weighted by Crippen LogP contribution is -2.65. The fourth-order valence-electron chi connectivity index (χ4n) is 4.73. The van der Waals surface area contributed by atoms with Gasteiger partial charge < -0.3 is 9.64 Å². The van der Waals surface area contributed by atoms with E-state index in [4.69, 9.17) is 4.74 Å². The molecule has 0 unspecified atom stereocenters. The molecule has 0 spiro atoms. The van der Waals surface area contributed by atoms with Crippen molar-refractivity contribution in [2.24, 2.45) is 10.8 Å². The topological polar surface area (TPSA) is 66.9 Å². The zero-order valence-electron chi connectivity index (χ0n) is 17.0. The summed E-state index contributed by atoms with van der Waals surface area (Å²) in [6, 6.07) is 0. The van der Waals surface area contributed by atoms with Crippen molar-refractivity contribution in [1.82, 2.24) is 9.80 Å². The van der Waals surface area contributed by atoms with Gasteiger partial charge in [-0.3, -0.25) is 14.5 Å². The first-order chi connectivity index (χ1) is 11.8. The van der Waals surface area contributed by atoms with E-state index in [0.717, 1.165) is 25.7 Å². The number of carbonyl (C=O) groups excluding carboxylic acids is 3. The van der Waals surface area contributed by atoms with Gasteiger partial charge in [0, 0.05) is 24.9 Å². The van der Waals surface area contributed by atoms with Crippen molar-refractivity contribution in [1.29, 1.82) is 0 Å². The van der Waals surface area contributed by atoms with Crippen molar-refractivity contribution < 1.29 is 19.1 Å². The monoisotopic (exact) mass is 364 g/mol. The third-order valence-corrected chi connectivity index (χ3v) is 5.94. The molecule has 1 saturated carbocycles. The molecule has 0 aromatic carbocycles. The van der Waals surface area contributed by atoms with E-state index in [1.807, 2.05) is 34.6 Å². The van der Waals surface area contributed by atoms with Crippen molar-refractivity contribution in [2.45, 2.75) is 84.8 Å². The van der Waals surface area contributed by atoms with E-state index in [-0.39, 0.29) is 28.9 Å². The summed E-state index contributed by atoms with van der Waals surface area (Å²) >= 11 is 0. The first-order valence-electron chi connectivity index (χ1n) is 9.63. The summed E-state index contributed by atoms with van der Waals surface area (Å²) in [5, 5.41) is 0. The summed E-state index contributed by atoms with van der Waals surface area (Å²) < 4.78 is 5.43. The van der Waals surface area contributed by atoms with Gasteiger partial charge in [0.2, 0.25) is 11.8 Å². The Hall–Kier alpha value is -1.59. The van der Waals surface area contributed by atoms with Gasteiger partial charge >= 0.3 is 6.09 Å². The number of carbonyl (C=O) groups is 3. The number of ether oxygens (including phenoxy) is 1. The molecule has 0 aromatic rings. The Bertz CT molecular complexity index is 637. The van der Waals surface area contributed by atoms with E-state index < -0.39 is 11.0 Å². The maximum Gasteiger partial charge on any atom is 0.410 e. The van der Waals surface area contributed by atoms with Crippen LogP contribution in [0.15, 0.2) is 0 Å². The first kappa shape index (κ1) is 19.2. The summed E-state index contributed by atoms with van der Waals surface area (Å²) in [7, 11) is 0. The molecule has 0 aromatic heterocycles. The van der Waals surface area contributed by atoms with Crippen molar-refractivity contribution >= 4 is 17.9 Å². The Labute approximate surface area is 156 Å². The zero-order valence-corrected chi connectivity index (χ0v) is 17.0. The molecule has 2 heterocycles. The third-order valence-electron chi connectivity index (χ3n) is 5.94. The number of hydrogen-bond acceptors (Lipinski definition) is 4. The van der Waals surface area contributed by atoms with Crippen LogP contribution in [0.1, 0.15) is 73.6 Å². The minimum Gasteiger partial charge on any atom is -0.444 e. The molecule has 0 radical (unpaired) electrons. The van der Waals surface area contributed by atoms with Crippen molar-refractivity contribution in [3.05, 3.63) is 0 Å². The van der Waals surface area contributed by atoms with E-state index in [0.29, 0.717) is 19.5 Å². The van der Waals surface area contributed by atoms with Crippen LogP contribution in [0.5, 0.6) is 0 Å². The molecule has 6 heteroatoms. The van der Waals surface area contributed by atoms with Gasteiger partial charge in [0.15, 0.2) is 0 Å². The van der Waals surface area contributed by atoms with Gasteiger partial charge in [-0.1, -0.05) is 20.8 Å². The molecule has 0 bridgehead atoms. The van der Waals surface area contributed by atoms with Crippen LogP contribution >= 0.6 is 0 Å². The minimum absolute atomic E-state index is 0.0332. The second-order valence-electron chi connectivity index (χ2n) is 10.5. The molecule has 2 aliphatic heterocycles. The molecule has 6 nitrogen and oxygen atoms in total. The smallest absolute Gasteiger partial charge is 0.410 e. The molecule has 3 amide bonds. The lowest BCUT2D eigenvalue weighted by atomic mass is 9.63. The molecule has 3 rings (SSSR count). The molecule has 2 saturated heterocycles. The third kappa shape index (κ3) is 3.23. The van der Waals surface area contributed by atoms with Gasteiger partial charge in [-0.15, -0.1) is 0 Å². The highest BCUT2D eigenvalue weighted by molar-refractivity contribution is 6.06. The second-order valence-corrected chi connectivity index (χ2v) is 10.5. The van der Waals surface area contributed by atoms with E-state index >= 15 is 0 Å². The van der Waals surface area contributed by atoms with Crippen LogP contribution in [0.3, 0.4) is 0 Å². The molecule has 0 N–H and O–H groups in total. The molecular weight excluding hydrogens is 332 g/mol. The number of amides is 3. The van der Waals surface area contributed by atoms with Crippen LogP contribution in [0, 0.1) is 10.8 Å². The molecular formula is C20H32N2O4. The summed E-state index contributed by atoms with van der Waals surface area (Å²) in [4.78, 5) is 40.9. The largest absolute Gasteiger partial charge is 0.444 e. The molecule has 3 fully saturated rings. The Morgan fingerprint density at radius 2 is 1.69 bits per heavy atom. The van der Waals surface area contributed by atoms with Crippen molar-refractivity contribution in [3.8, 4) is 0 Å². The Morgan fingerprint density at radius 3 is 2.08 bits per heavy atom. The minimum atomic E-state index is -0.595. The predicted molar refractivity (Wildman–Crippen MR) is 97.4 cm³/mol. The molecule has 1 aliphatic carbocycles. The van der Waals surface area contributed by atoms with Gasteiger partial charge in [-0.2, -0.15) is 0 Å². The van der Waals surface area contributed by atoms with Gasteiger partial charge in [-0.05, 0) is 46.5 Å². The number of hydrogen-bond donors (Lipinski definition) is 0.